The largest absolute Gasteiger partial charge is 0.493 e. The summed E-state index contributed by atoms with van der Waals surface area (Å²) in [7, 11) is 3.21. The highest BCUT2D eigenvalue weighted by atomic mass is 16.6. The van der Waals surface area contributed by atoms with E-state index < -0.39 is 5.60 Å². The molecule has 1 unspecified atom stereocenters. The average molecular weight is 439 g/mol. The quantitative estimate of drug-likeness (QED) is 0.601. The van der Waals surface area contributed by atoms with Crippen LogP contribution in [0.1, 0.15) is 45.2 Å². The van der Waals surface area contributed by atoms with Gasteiger partial charge in [0, 0.05) is 47.7 Å². The average Bonchev–Trinajstić information content (AvgIpc) is 2.76. The first-order valence-corrected chi connectivity index (χ1v) is 10.8. The zero-order valence-electron chi connectivity index (χ0n) is 19.3. The summed E-state index contributed by atoms with van der Waals surface area (Å²) < 4.78 is 16.5. The van der Waals surface area contributed by atoms with Crippen LogP contribution in [0.2, 0.25) is 0 Å². The number of pyridine rings is 2. The van der Waals surface area contributed by atoms with Gasteiger partial charge < -0.3 is 24.8 Å². The molecule has 0 aliphatic carbocycles. The summed E-state index contributed by atoms with van der Waals surface area (Å²) >= 11 is 0. The molecule has 1 atom stereocenters. The van der Waals surface area contributed by atoms with Crippen molar-refractivity contribution in [3.63, 3.8) is 0 Å². The van der Waals surface area contributed by atoms with Crippen LogP contribution in [0, 0.1) is 0 Å². The van der Waals surface area contributed by atoms with Gasteiger partial charge in [-0.05, 0) is 51.1 Å². The van der Waals surface area contributed by atoms with Crippen molar-refractivity contribution >= 4 is 33.6 Å². The molecule has 2 N–H and O–H groups in total. The van der Waals surface area contributed by atoms with E-state index >= 15 is 0 Å². The maximum atomic E-state index is 12.6. The molecule has 3 heterocycles. The van der Waals surface area contributed by atoms with E-state index in [1.54, 1.807) is 25.3 Å². The molecule has 3 aromatic rings. The SMILES string of the molecule is COc1cc2ncc3c(N)nc(C4CCCN(C(=O)OC(C)(C)C)C4)cc3c2cc1OC. The molecule has 0 saturated carbocycles. The summed E-state index contributed by atoms with van der Waals surface area (Å²) in [6, 6.07) is 5.83. The summed E-state index contributed by atoms with van der Waals surface area (Å²) in [6.07, 6.45) is 3.26. The van der Waals surface area contributed by atoms with Gasteiger partial charge in [-0.25, -0.2) is 9.78 Å². The van der Waals surface area contributed by atoms with Crippen LogP contribution in [0.25, 0.3) is 21.7 Å². The van der Waals surface area contributed by atoms with Crippen LogP contribution < -0.4 is 15.2 Å². The minimum absolute atomic E-state index is 0.0753. The van der Waals surface area contributed by atoms with Gasteiger partial charge >= 0.3 is 6.09 Å². The van der Waals surface area contributed by atoms with E-state index in [9.17, 15) is 4.79 Å². The molecule has 1 amide bonds. The highest BCUT2D eigenvalue weighted by Crippen LogP contribution is 2.37. The Morgan fingerprint density at radius 3 is 2.50 bits per heavy atom. The third kappa shape index (κ3) is 4.22. The predicted molar refractivity (Wildman–Crippen MR) is 124 cm³/mol. The number of anilines is 1. The molecule has 1 aliphatic heterocycles. The van der Waals surface area contributed by atoms with E-state index in [1.165, 1.54) is 0 Å². The summed E-state index contributed by atoms with van der Waals surface area (Å²) in [5, 5.41) is 2.65. The minimum atomic E-state index is -0.526. The number of aromatic nitrogens is 2. The molecule has 1 fully saturated rings. The van der Waals surface area contributed by atoms with Crippen LogP contribution in [-0.2, 0) is 4.74 Å². The summed E-state index contributed by atoms with van der Waals surface area (Å²) in [5.41, 5.74) is 7.47. The summed E-state index contributed by atoms with van der Waals surface area (Å²) in [4.78, 5) is 23.6. The number of fused-ring (bicyclic) bond motifs is 3. The van der Waals surface area contributed by atoms with Gasteiger partial charge in [-0.1, -0.05) is 0 Å². The molecule has 4 rings (SSSR count). The molecule has 1 saturated heterocycles. The van der Waals surface area contributed by atoms with Gasteiger partial charge in [0.15, 0.2) is 11.5 Å². The van der Waals surface area contributed by atoms with Crippen LogP contribution in [0.5, 0.6) is 11.5 Å². The van der Waals surface area contributed by atoms with Crippen molar-refractivity contribution in [2.45, 2.75) is 45.1 Å². The van der Waals surface area contributed by atoms with E-state index in [0.29, 0.717) is 30.4 Å². The number of carbonyl (C=O) groups is 1. The van der Waals surface area contributed by atoms with E-state index in [2.05, 4.69) is 16.0 Å². The number of piperidine rings is 1. The normalized spacial score (nSPS) is 16.9. The molecule has 32 heavy (non-hydrogen) atoms. The second-order valence-corrected chi connectivity index (χ2v) is 9.14. The number of benzene rings is 1. The lowest BCUT2D eigenvalue weighted by Crippen LogP contribution is -2.42. The van der Waals surface area contributed by atoms with Crippen molar-refractivity contribution in [1.29, 1.82) is 0 Å². The Hall–Kier alpha value is -3.29. The van der Waals surface area contributed by atoms with E-state index in [0.717, 1.165) is 40.2 Å². The molecule has 2 aromatic heterocycles. The fourth-order valence-corrected chi connectivity index (χ4v) is 4.20. The third-order valence-corrected chi connectivity index (χ3v) is 5.72. The lowest BCUT2D eigenvalue weighted by molar-refractivity contribution is 0.0197. The number of amides is 1. The number of likely N-dealkylation sites (tertiary alicyclic amines) is 1. The Kier molecular flexibility index (Phi) is 5.71. The second-order valence-electron chi connectivity index (χ2n) is 9.14. The Morgan fingerprint density at radius 1 is 1.09 bits per heavy atom. The smallest absolute Gasteiger partial charge is 0.410 e. The number of hydrogen-bond acceptors (Lipinski definition) is 7. The predicted octanol–water partition coefficient (Wildman–Crippen LogP) is 4.50. The lowest BCUT2D eigenvalue weighted by atomic mass is 9.93. The number of nitrogen functional groups attached to an aromatic ring is 1. The van der Waals surface area contributed by atoms with Gasteiger partial charge in [0.1, 0.15) is 11.4 Å². The fraction of sp³-hybridized carbons (Fsp3) is 0.458. The Labute approximate surface area is 187 Å². The van der Waals surface area contributed by atoms with Crippen LogP contribution >= 0.6 is 0 Å². The Bertz CT molecular complexity index is 1170. The Balaban J connectivity index is 1.74. The first kappa shape index (κ1) is 21.9. The van der Waals surface area contributed by atoms with Crippen LogP contribution in [0.4, 0.5) is 10.6 Å². The highest BCUT2D eigenvalue weighted by molar-refractivity contribution is 6.09. The number of carbonyl (C=O) groups excluding carboxylic acids is 1. The number of methoxy groups -OCH3 is 2. The molecule has 8 nitrogen and oxygen atoms in total. The second kappa shape index (κ2) is 8.33. The van der Waals surface area contributed by atoms with Crippen molar-refractivity contribution in [3.8, 4) is 11.5 Å². The lowest BCUT2D eigenvalue weighted by Gasteiger charge is -2.34. The fourth-order valence-electron chi connectivity index (χ4n) is 4.20. The van der Waals surface area contributed by atoms with Crippen molar-refractivity contribution in [2.75, 3.05) is 33.0 Å². The molecule has 0 radical (unpaired) electrons. The molecule has 0 bridgehead atoms. The maximum Gasteiger partial charge on any atom is 0.410 e. The van der Waals surface area contributed by atoms with Crippen molar-refractivity contribution in [3.05, 3.63) is 30.1 Å². The number of nitrogens with two attached hydrogens (primary N) is 1. The molecular weight excluding hydrogens is 408 g/mol. The summed E-state index contributed by atoms with van der Waals surface area (Å²) in [5.74, 6) is 1.75. The van der Waals surface area contributed by atoms with Gasteiger partial charge in [0.05, 0.1) is 19.7 Å². The minimum Gasteiger partial charge on any atom is -0.493 e. The zero-order valence-corrected chi connectivity index (χ0v) is 19.3. The number of hydrogen-bond donors (Lipinski definition) is 1. The Morgan fingerprint density at radius 2 is 1.81 bits per heavy atom. The van der Waals surface area contributed by atoms with Crippen LogP contribution in [0.15, 0.2) is 24.4 Å². The first-order chi connectivity index (χ1) is 15.2. The van der Waals surface area contributed by atoms with Gasteiger partial charge in [-0.15, -0.1) is 0 Å². The highest BCUT2D eigenvalue weighted by Gasteiger charge is 2.29. The van der Waals surface area contributed by atoms with Crippen LogP contribution in [-0.4, -0.2) is 53.9 Å². The molecule has 1 aliphatic rings. The van der Waals surface area contributed by atoms with Crippen LogP contribution in [0.3, 0.4) is 0 Å². The number of nitrogens with zero attached hydrogens (tertiary/aromatic N) is 3. The molecule has 0 spiro atoms. The number of rotatable bonds is 3. The third-order valence-electron chi connectivity index (χ3n) is 5.72. The van der Waals surface area contributed by atoms with Crippen molar-refractivity contribution < 1.29 is 19.0 Å². The van der Waals surface area contributed by atoms with Gasteiger partial charge in [-0.3, -0.25) is 4.98 Å². The van der Waals surface area contributed by atoms with Crippen molar-refractivity contribution in [1.82, 2.24) is 14.9 Å². The standard InChI is InChI=1S/C24H30N4O4/c1-24(2,3)32-23(29)28-8-6-7-14(13-28)18-9-15-16-10-20(30-4)21(31-5)11-19(16)26-12-17(15)22(25)27-18/h9-12,14H,6-8,13H2,1-5H3,(H2,25,27). The molecule has 1 aromatic carbocycles. The van der Waals surface area contributed by atoms with E-state index in [4.69, 9.17) is 19.9 Å². The topological polar surface area (TPSA) is 99.8 Å². The van der Waals surface area contributed by atoms with E-state index in [1.807, 2.05) is 32.9 Å². The van der Waals surface area contributed by atoms with Gasteiger partial charge in [-0.2, -0.15) is 0 Å². The van der Waals surface area contributed by atoms with Crippen molar-refractivity contribution in [2.24, 2.45) is 0 Å². The maximum absolute atomic E-state index is 12.6. The first-order valence-electron chi connectivity index (χ1n) is 10.8. The molecular formula is C24H30N4O4. The zero-order chi connectivity index (χ0) is 23.0. The number of ether oxygens (including phenoxy) is 3. The monoisotopic (exact) mass is 438 g/mol. The molecule has 170 valence electrons. The van der Waals surface area contributed by atoms with Gasteiger partial charge in [0.25, 0.3) is 0 Å². The van der Waals surface area contributed by atoms with E-state index in [-0.39, 0.29) is 12.0 Å². The molecule has 8 heteroatoms. The van der Waals surface area contributed by atoms with Gasteiger partial charge in [0.2, 0.25) is 0 Å². The summed E-state index contributed by atoms with van der Waals surface area (Å²) in [6.45, 7) is 6.85.